The molecule has 1 N–H and O–H groups in total. The SMILES string of the molecule is CCNc1cnc(C(=O)N2CCOC(CC)C2)cn1. The van der Waals surface area contributed by atoms with Crippen molar-refractivity contribution < 1.29 is 9.53 Å². The molecule has 1 aliphatic heterocycles. The van der Waals surface area contributed by atoms with Gasteiger partial charge in [-0.15, -0.1) is 0 Å². The Morgan fingerprint density at radius 2 is 2.32 bits per heavy atom. The van der Waals surface area contributed by atoms with Crippen LogP contribution in [0.15, 0.2) is 12.4 Å². The molecule has 0 saturated carbocycles. The van der Waals surface area contributed by atoms with Crippen LogP contribution in [0.2, 0.25) is 0 Å². The third kappa shape index (κ3) is 3.41. The van der Waals surface area contributed by atoms with E-state index in [-0.39, 0.29) is 12.0 Å². The molecular formula is C13H20N4O2. The lowest BCUT2D eigenvalue weighted by molar-refractivity contribution is -0.0228. The molecule has 0 bridgehead atoms. The number of carbonyl (C=O) groups excluding carboxylic acids is 1. The summed E-state index contributed by atoms with van der Waals surface area (Å²) in [5.41, 5.74) is 0.387. The average Bonchev–Trinajstić information content (AvgIpc) is 2.48. The first-order valence-corrected chi connectivity index (χ1v) is 6.71. The molecule has 0 spiro atoms. The molecule has 1 unspecified atom stereocenters. The molecule has 1 amide bonds. The highest BCUT2D eigenvalue weighted by Crippen LogP contribution is 2.11. The van der Waals surface area contributed by atoms with Crippen LogP contribution in [-0.4, -0.2) is 53.1 Å². The van der Waals surface area contributed by atoms with E-state index in [2.05, 4.69) is 22.2 Å². The van der Waals surface area contributed by atoms with Gasteiger partial charge >= 0.3 is 0 Å². The average molecular weight is 264 g/mol. The number of rotatable bonds is 4. The summed E-state index contributed by atoms with van der Waals surface area (Å²) in [4.78, 5) is 22.4. The van der Waals surface area contributed by atoms with Crippen LogP contribution < -0.4 is 5.32 Å². The van der Waals surface area contributed by atoms with E-state index in [0.717, 1.165) is 13.0 Å². The minimum absolute atomic E-state index is 0.0719. The molecule has 0 aromatic carbocycles. The summed E-state index contributed by atoms with van der Waals surface area (Å²) in [5.74, 6) is 0.616. The first kappa shape index (κ1) is 13.7. The Balaban J connectivity index is 2.02. The van der Waals surface area contributed by atoms with Crippen LogP contribution in [0.5, 0.6) is 0 Å². The molecule has 1 aromatic heterocycles. The molecule has 104 valence electrons. The quantitative estimate of drug-likeness (QED) is 0.884. The van der Waals surface area contributed by atoms with Crippen molar-refractivity contribution in [1.82, 2.24) is 14.9 Å². The summed E-state index contributed by atoms with van der Waals surface area (Å²) in [6.07, 6.45) is 4.16. The molecule has 0 aliphatic carbocycles. The second-order valence-corrected chi connectivity index (χ2v) is 4.47. The largest absolute Gasteiger partial charge is 0.375 e. The van der Waals surface area contributed by atoms with Crippen LogP contribution in [0, 0.1) is 0 Å². The van der Waals surface area contributed by atoms with Gasteiger partial charge in [-0.05, 0) is 13.3 Å². The first-order valence-electron chi connectivity index (χ1n) is 6.71. The van der Waals surface area contributed by atoms with Crippen molar-refractivity contribution in [3.63, 3.8) is 0 Å². The number of nitrogens with one attached hydrogen (secondary N) is 1. The predicted molar refractivity (Wildman–Crippen MR) is 72.1 cm³/mol. The fourth-order valence-corrected chi connectivity index (χ4v) is 2.02. The summed E-state index contributed by atoms with van der Waals surface area (Å²) in [6, 6.07) is 0. The zero-order valence-corrected chi connectivity index (χ0v) is 11.4. The van der Waals surface area contributed by atoms with Crippen LogP contribution in [-0.2, 0) is 4.74 Å². The van der Waals surface area contributed by atoms with Crippen molar-refractivity contribution >= 4 is 11.7 Å². The summed E-state index contributed by atoms with van der Waals surface area (Å²) < 4.78 is 5.55. The molecule has 1 atom stereocenters. The second-order valence-electron chi connectivity index (χ2n) is 4.47. The monoisotopic (exact) mass is 264 g/mol. The number of hydrogen-bond acceptors (Lipinski definition) is 5. The van der Waals surface area contributed by atoms with Gasteiger partial charge in [0, 0.05) is 19.6 Å². The fourth-order valence-electron chi connectivity index (χ4n) is 2.02. The van der Waals surface area contributed by atoms with Gasteiger partial charge in [0.05, 0.1) is 25.1 Å². The van der Waals surface area contributed by atoms with Crippen molar-refractivity contribution in [3.8, 4) is 0 Å². The van der Waals surface area contributed by atoms with E-state index in [4.69, 9.17) is 4.74 Å². The molecule has 6 heteroatoms. The number of morpholine rings is 1. The van der Waals surface area contributed by atoms with Crippen LogP contribution >= 0.6 is 0 Å². The van der Waals surface area contributed by atoms with Gasteiger partial charge in [0.25, 0.3) is 5.91 Å². The van der Waals surface area contributed by atoms with Crippen molar-refractivity contribution in [2.24, 2.45) is 0 Å². The topological polar surface area (TPSA) is 67.4 Å². The zero-order chi connectivity index (χ0) is 13.7. The van der Waals surface area contributed by atoms with Crippen molar-refractivity contribution in [1.29, 1.82) is 0 Å². The van der Waals surface area contributed by atoms with Gasteiger partial charge in [-0.2, -0.15) is 0 Å². The van der Waals surface area contributed by atoms with Gasteiger partial charge in [0.2, 0.25) is 0 Å². The van der Waals surface area contributed by atoms with Crippen LogP contribution in [0.4, 0.5) is 5.82 Å². The minimum atomic E-state index is -0.0719. The fraction of sp³-hybridized carbons (Fsp3) is 0.615. The minimum Gasteiger partial charge on any atom is -0.375 e. The van der Waals surface area contributed by atoms with Crippen LogP contribution in [0.1, 0.15) is 30.8 Å². The number of carbonyl (C=O) groups is 1. The van der Waals surface area contributed by atoms with Gasteiger partial charge in [-0.1, -0.05) is 6.92 Å². The van der Waals surface area contributed by atoms with E-state index >= 15 is 0 Å². The Kier molecular flexibility index (Phi) is 4.68. The van der Waals surface area contributed by atoms with Crippen LogP contribution in [0.3, 0.4) is 0 Å². The van der Waals surface area contributed by atoms with E-state index in [1.165, 1.54) is 6.20 Å². The molecule has 1 aromatic rings. The molecule has 19 heavy (non-hydrogen) atoms. The summed E-state index contributed by atoms with van der Waals surface area (Å²) in [5, 5.41) is 3.05. The van der Waals surface area contributed by atoms with Gasteiger partial charge in [-0.25, -0.2) is 9.97 Å². The smallest absolute Gasteiger partial charge is 0.274 e. The Hall–Kier alpha value is -1.69. The van der Waals surface area contributed by atoms with E-state index < -0.39 is 0 Å². The number of amides is 1. The van der Waals surface area contributed by atoms with Crippen molar-refractivity contribution in [2.75, 3.05) is 31.6 Å². The Morgan fingerprint density at radius 3 is 2.95 bits per heavy atom. The molecule has 1 fully saturated rings. The van der Waals surface area contributed by atoms with Crippen molar-refractivity contribution in [3.05, 3.63) is 18.1 Å². The third-order valence-corrected chi connectivity index (χ3v) is 3.11. The zero-order valence-electron chi connectivity index (χ0n) is 11.4. The Labute approximate surface area is 113 Å². The Morgan fingerprint density at radius 1 is 1.47 bits per heavy atom. The molecule has 0 radical (unpaired) electrons. The third-order valence-electron chi connectivity index (χ3n) is 3.11. The highest BCUT2D eigenvalue weighted by molar-refractivity contribution is 5.92. The predicted octanol–water partition coefficient (Wildman–Crippen LogP) is 1.16. The van der Waals surface area contributed by atoms with Gasteiger partial charge in [0.1, 0.15) is 11.5 Å². The van der Waals surface area contributed by atoms with Crippen LogP contribution in [0.25, 0.3) is 0 Å². The first-order chi connectivity index (χ1) is 9.24. The number of nitrogens with zero attached hydrogens (tertiary/aromatic N) is 3. The van der Waals surface area contributed by atoms with Gasteiger partial charge in [0.15, 0.2) is 0 Å². The number of aromatic nitrogens is 2. The number of hydrogen-bond donors (Lipinski definition) is 1. The van der Waals surface area contributed by atoms with E-state index in [9.17, 15) is 4.79 Å². The lowest BCUT2D eigenvalue weighted by atomic mass is 10.2. The highest BCUT2D eigenvalue weighted by Gasteiger charge is 2.24. The molecule has 1 saturated heterocycles. The highest BCUT2D eigenvalue weighted by atomic mass is 16.5. The second kappa shape index (κ2) is 6.47. The lowest BCUT2D eigenvalue weighted by Crippen LogP contribution is -2.45. The van der Waals surface area contributed by atoms with Gasteiger partial charge < -0.3 is 15.0 Å². The normalized spacial score (nSPS) is 19.3. The maximum atomic E-state index is 12.3. The molecule has 2 rings (SSSR count). The molecule has 2 heterocycles. The van der Waals surface area contributed by atoms with E-state index in [1.54, 1.807) is 11.1 Å². The maximum Gasteiger partial charge on any atom is 0.274 e. The van der Waals surface area contributed by atoms with Crippen molar-refractivity contribution in [2.45, 2.75) is 26.4 Å². The molecule has 6 nitrogen and oxygen atoms in total. The summed E-state index contributed by atoms with van der Waals surface area (Å²) in [6.45, 7) is 6.66. The molecular weight excluding hydrogens is 244 g/mol. The standard InChI is InChI=1S/C13H20N4O2/c1-3-10-9-17(5-6-19-10)13(18)11-7-16-12(8-15-11)14-4-2/h7-8,10H,3-6,9H2,1-2H3,(H,14,16). The van der Waals surface area contributed by atoms with E-state index in [0.29, 0.717) is 31.2 Å². The maximum absolute atomic E-state index is 12.3. The number of anilines is 1. The van der Waals surface area contributed by atoms with E-state index in [1.807, 2.05) is 6.92 Å². The Bertz CT molecular complexity index is 421. The lowest BCUT2D eigenvalue weighted by Gasteiger charge is -2.32. The molecule has 1 aliphatic rings. The number of ether oxygens (including phenoxy) is 1. The summed E-state index contributed by atoms with van der Waals surface area (Å²) >= 11 is 0. The van der Waals surface area contributed by atoms with Gasteiger partial charge in [-0.3, -0.25) is 4.79 Å². The summed E-state index contributed by atoms with van der Waals surface area (Å²) in [7, 11) is 0.